The molecule has 0 aliphatic carbocycles. The van der Waals surface area contributed by atoms with Crippen molar-refractivity contribution in [2.24, 2.45) is 0 Å². The van der Waals surface area contributed by atoms with Gasteiger partial charge in [0, 0.05) is 29.1 Å². The molecule has 0 fully saturated rings. The van der Waals surface area contributed by atoms with Crippen molar-refractivity contribution in [1.29, 1.82) is 0 Å². The highest BCUT2D eigenvalue weighted by molar-refractivity contribution is 5.97. The summed E-state index contributed by atoms with van der Waals surface area (Å²) in [5.41, 5.74) is 11.2. The van der Waals surface area contributed by atoms with Crippen LogP contribution < -0.4 is 15.8 Å². The predicted molar refractivity (Wildman–Crippen MR) is 98.7 cm³/mol. The van der Waals surface area contributed by atoms with E-state index in [1.807, 2.05) is 25.1 Å². The van der Waals surface area contributed by atoms with E-state index in [4.69, 9.17) is 10.5 Å². The average molecular weight is 337 g/mol. The molecule has 5 nitrogen and oxygen atoms in total. The molecule has 0 bridgehead atoms. The number of nitrogens with zero attached hydrogens (tertiary/aromatic N) is 1. The second-order valence-electron chi connectivity index (χ2n) is 6.18. The number of hydrogen-bond acceptors (Lipinski definition) is 4. The number of carbonyl (C=O) groups excluding carboxylic acids is 1. The SMILES string of the molecule is COc1nc(C)cc2c1CNC(=O)c1cccc(N)c1C/C=C\CC2. The summed E-state index contributed by atoms with van der Waals surface area (Å²) in [6.07, 6.45) is 6.66. The van der Waals surface area contributed by atoms with Crippen LogP contribution in [0.1, 0.15) is 39.2 Å². The molecule has 0 spiro atoms. The normalized spacial score (nSPS) is 15.8. The zero-order valence-electron chi connectivity index (χ0n) is 14.6. The van der Waals surface area contributed by atoms with Crippen LogP contribution in [-0.4, -0.2) is 18.0 Å². The second kappa shape index (κ2) is 7.38. The first-order chi connectivity index (χ1) is 12.1. The smallest absolute Gasteiger partial charge is 0.251 e. The van der Waals surface area contributed by atoms with Crippen LogP contribution >= 0.6 is 0 Å². The van der Waals surface area contributed by atoms with E-state index in [9.17, 15) is 4.79 Å². The number of aromatic nitrogens is 1. The number of amides is 1. The molecule has 0 saturated heterocycles. The molecule has 0 unspecified atom stereocenters. The Bertz CT molecular complexity index is 828. The Labute approximate surface area is 147 Å². The van der Waals surface area contributed by atoms with Crippen LogP contribution in [0.5, 0.6) is 5.88 Å². The molecule has 1 aliphatic heterocycles. The molecule has 130 valence electrons. The van der Waals surface area contributed by atoms with Gasteiger partial charge in [0.2, 0.25) is 5.88 Å². The third kappa shape index (κ3) is 3.65. The minimum Gasteiger partial charge on any atom is -0.481 e. The van der Waals surface area contributed by atoms with Crippen molar-refractivity contribution < 1.29 is 9.53 Å². The Morgan fingerprint density at radius 3 is 2.88 bits per heavy atom. The molecule has 0 atom stereocenters. The molecule has 1 aromatic carbocycles. The van der Waals surface area contributed by atoms with Gasteiger partial charge in [-0.25, -0.2) is 4.98 Å². The zero-order valence-corrected chi connectivity index (χ0v) is 14.6. The van der Waals surface area contributed by atoms with Gasteiger partial charge in [-0.1, -0.05) is 18.2 Å². The van der Waals surface area contributed by atoms with Gasteiger partial charge in [-0.15, -0.1) is 0 Å². The van der Waals surface area contributed by atoms with E-state index < -0.39 is 0 Å². The number of benzene rings is 1. The van der Waals surface area contributed by atoms with Crippen molar-refractivity contribution in [2.45, 2.75) is 32.7 Å². The first-order valence-electron chi connectivity index (χ1n) is 8.44. The number of pyridine rings is 1. The summed E-state index contributed by atoms with van der Waals surface area (Å²) in [5.74, 6) is 0.439. The number of fused-ring (bicyclic) bond motifs is 2. The van der Waals surface area contributed by atoms with Crippen LogP contribution in [0.15, 0.2) is 36.4 Å². The van der Waals surface area contributed by atoms with E-state index in [1.54, 1.807) is 7.11 Å². The molecule has 0 saturated carbocycles. The molecule has 3 rings (SSSR count). The van der Waals surface area contributed by atoms with Gasteiger partial charge in [-0.3, -0.25) is 4.79 Å². The molecule has 5 heteroatoms. The maximum absolute atomic E-state index is 12.7. The predicted octanol–water partition coefficient (Wildman–Crippen LogP) is 2.96. The minimum absolute atomic E-state index is 0.134. The van der Waals surface area contributed by atoms with E-state index in [-0.39, 0.29) is 5.91 Å². The third-order valence-corrected chi connectivity index (χ3v) is 4.45. The molecule has 25 heavy (non-hydrogen) atoms. The fourth-order valence-electron chi connectivity index (χ4n) is 3.18. The minimum atomic E-state index is -0.134. The number of methoxy groups -OCH3 is 1. The van der Waals surface area contributed by atoms with Crippen LogP contribution in [0.25, 0.3) is 0 Å². The number of nitrogens with one attached hydrogen (secondary N) is 1. The Morgan fingerprint density at radius 2 is 2.08 bits per heavy atom. The van der Waals surface area contributed by atoms with Crippen LogP contribution in [0.4, 0.5) is 5.69 Å². The van der Waals surface area contributed by atoms with Gasteiger partial charge < -0.3 is 15.8 Å². The molecule has 3 N–H and O–H groups in total. The van der Waals surface area contributed by atoms with Gasteiger partial charge >= 0.3 is 0 Å². The summed E-state index contributed by atoms with van der Waals surface area (Å²) in [5, 5.41) is 3.00. The molecule has 0 radical (unpaired) electrons. The highest BCUT2D eigenvalue weighted by Gasteiger charge is 2.17. The number of rotatable bonds is 1. The van der Waals surface area contributed by atoms with Crippen molar-refractivity contribution >= 4 is 11.6 Å². The van der Waals surface area contributed by atoms with Gasteiger partial charge in [-0.05, 0) is 55.5 Å². The Morgan fingerprint density at radius 1 is 1.24 bits per heavy atom. The summed E-state index contributed by atoms with van der Waals surface area (Å²) in [6, 6.07) is 7.52. The number of allylic oxidation sites excluding steroid dienone is 2. The highest BCUT2D eigenvalue weighted by atomic mass is 16.5. The van der Waals surface area contributed by atoms with E-state index in [2.05, 4.69) is 28.5 Å². The number of nitrogen functional groups attached to an aromatic ring is 1. The van der Waals surface area contributed by atoms with Gasteiger partial charge in [-0.2, -0.15) is 0 Å². The van der Waals surface area contributed by atoms with Crippen molar-refractivity contribution in [3.05, 3.63) is 64.4 Å². The Balaban J connectivity index is 2.01. The first-order valence-corrected chi connectivity index (χ1v) is 8.44. The van der Waals surface area contributed by atoms with Crippen LogP contribution in [-0.2, 0) is 19.4 Å². The maximum atomic E-state index is 12.7. The fraction of sp³-hybridized carbons (Fsp3) is 0.300. The molecular weight excluding hydrogens is 314 g/mol. The molecule has 1 aliphatic rings. The van der Waals surface area contributed by atoms with Crippen molar-refractivity contribution in [3.63, 3.8) is 0 Å². The van der Waals surface area contributed by atoms with Crippen LogP contribution in [0.2, 0.25) is 0 Å². The molecule has 2 heterocycles. The number of hydrogen-bond donors (Lipinski definition) is 2. The van der Waals surface area contributed by atoms with Crippen LogP contribution in [0, 0.1) is 6.92 Å². The number of anilines is 1. The second-order valence-corrected chi connectivity index (χ2v) is 6.18. The maximum Gasteiger partial charge on any atom is 0.251 e. The zero-order chi connectivity index (χ0) is 17.8. The average Bonchev–Trinajstić information content (AvgIpc) is 2.59. The van der Waals surface area contributed by atoms with Crippen LogP contribution in [0.3, 0.4) is 0 Å². The lowest BCUT2D eigenvalue weighted by Gasteiger charge is -2.17. The van der Waals surface area contributed by atoms with Crippen molar-refractivity contribution in [1.82, 2.24) is 10.3 Å². The lowest BCUT2D eigenvalue weighted by molar-refractivity contribution is 0.0950. The first kappa shape index (κ1) is 17.0. The lowest BCUT2D eigenvalue weighted by Crippen LogP contribution is -2.25. The van der Waals surface area contributed by atoms with Crippen molar-refractivity contribution in [2.75, 3.05) is 12.8 Å². The van der Waals surface area contributed by atoms with Gasteiger partial charge in [0.15, 0.2) is 0 Å². The monoisotopic (exact) mass is 337 g/mol. The molecule has 1 amide bonds. The van der Waals surface area contributed by atoms with E-state index in [0.717, 1.165) is 35.2 Å². The Kier molecular flexibility index (Phi) is 5.03. The van der Waals surface area contributed by atoms with E-state index >= 15 is 0 Å². The summed E-state index contributed by atoms with van der Waals surface area (Å²) in [7, 11) is 1.61. The number of ether oxygens (including phenoxy) is 1. The molecule has 2 aromatic rings. The summed E-state index contributed by atoms with van der Waals surface area (Å²) >= 11 is 0. The lowest BCUT2D eigenvalue weighted by atomic mass is 9.98. The summed E-state index contributed by atoms with van der Waals surface area (Å²) < 4.78 is 5.44. The van der Waals surface area contributed by atoms with Gasteiger partial charge in [0.05, 0.1) is 7.11 Å². The summed E-state index contributed by atoms with van der Waals surface area (Å²) in [4.78, 5) is 17.1. The number of nitrogens with two attached hydrogens (primary N) is 1. The van der Waals surface area contributed by atoms with E-state index in [0.29, 0.717) is 30.1 Å². The third-order valence-electron chi connectivity index (χ3n) is 4.45. The largest absolute Gasteiger partial charge is 0.481 e. The summed E-state index contributed by atoms with van der Waals surface area (Å²) in [6.45, 7) is 2.33. The van der Waals surface area contributed by atoms with E-state index in [1.165, 1.54) is 0 Å². The molecule has 1 aromatic heterocycles. The number of aryl methyl sites for hydroxylation is 2. The van der Waals surface area contributed by atoms with Gasteiger partial charge in [0.1, 0.15) is 0 Å². The van der Waals surface area contributed by atoms with Crippen molar-refractivity contribution in [3.8, 4) is 5.88 Å². The standard InChI is InChI=1S/C20H23N3O2/c1-13-11-14-7-4-3-5-8-15-16(9-6-10-18(15)21)19(24)22-12-17(14)20(23-13)25-2/h3,5-6,9-11H,4,7-8,12,21H2,1-2H3,(H,22,24)/b5-3-. The van der Waals surface area contributed by atoms with Gasteiger partial charge in [0.25, 0.3) is 5.91 Å². The fourth-order valence-corrected chi connectivity index (χ4v) is 3.18. The highest BCUT2D eigenvalue weighted by Crippen LogP contribution is 2.24. The molecular formula is C20H23N3O2. The number of carbonyl (C=O) groups is 1. The topological polar surface area (TPSA) is 77.2 Å². The quantitative estimate of drug-likeness (QED) is 0.619. The Hall–Kier alpha value is -2.82.